The minimum absolute atomic E-state index is 0.130. The molecule has 0 aliphatic rings. The van der Waals surface area contributed by atoms with Crippen molar-refractivity contribution in [2.45, 2.75) is 13.8 Å². The van der Waals surface area contributed by atoms with Gasteiger partial charge in [0.15, 0.2) is 5.96 Å². The molecule has 0 unspecified atom stereocenters. The first kappa shape index (κ1) is 27.4. The topological polar surface area (TPSA) is 148 Å². The van der Waals surface area contributed by atoms with Crippen molar-refractivity contribution in [2.75, 3.05) is 20.4 Å². The number of guanidine groups is 1. The smallest absolute Gasteiger partial charge is 0.300 e. The molecule has 124 valence electrons. The molecule has 8 N–H and O–H groups in total. The summed E-state index contributed by atoms with van der Waals surface area (Å²) in [6.07, 6.45) is 1.69. The molecule has 1 aromatic carbocycles. The van der Waals surface area contributed by atoms with Crippen LogP contribution >= 0.6 is 12.6 Å². The standard InChI is InChI=1S/C7H8O.C2H7N3.C2H4O2.CH5N.CH4S/c1-6-2-4-7(8)5-3-6;1-5-2(3)4;1-2(3)4;2*1-2/h2-5,8H,1H3;1H3,(H4,3,4,5);1H3,(H,3,4);2H2,1H3;2H,1H3. The zero-order valence-corrected chi connectivity index (χ0v) is 14.1. The van der Waals surface area contributed by atoms with Crippen molar-refractivity contribution in [3.8, 4) is 5.75 Å². The number of aliphatic carboxylic acids is 1. The summed E-state index contributed by atoms with van der Waals surface area (Å²) < 4.78 is 0. The van der Waals surface area contributed by atoms with E-state index in [9.17, 15) is 0 Å². The summed E-state index contributed by atoms with van der Waals surface area (Å²) >= 11 is 3.53. The van der Waals surface area contributed by atoms with Crippen molar-refractivity contribution in [3.05, 3.63) is 29.8 Å². The van der Waals surface area contributed by atoms with E-state index in [0.29, 0.717) is 5.75 Å². The van der Waals surface area contributed by atoms with Crippen LogP contribution in [0.25, 0.3) is 0 Å². The first-order chi connectivity index (χ1) is 9.79. The fraction of sp³-hybridized carbons (Fsp3) is 0.385. The van der Waals surface area contributed by atoms with Crippen LogP contribution in [0.3, 0.4) is 0 Å². The number of aliphatic imine (C=N–C) groups is 1. The zero-order chi connectivity index (χ0) is 17.8. The highest BCUT2D eigenvalue weighted by Crippen LogP contribution is 2.07. The van der Waals surface area contributed by atoms with Gasteiger partial charge in [-0.3, -0.25) is 9.79 Å². The molecular weight excluding hydrogens is 292 g/mol. The Hall–Kier alpha value is -1.93. The van der Waals surface area contributed by atoms with E-state index >= 15 is 0 Å². The van der Waals surface area contributed by atoms with Crippen LogP contribution in [0.4, 0.5) is 0 Å². The number of phenolic OH excluding ortho intramolecular Hbond substituents is 1. The van der Waals surface area contributed by atoms with E-state index in [-0.39, 0.29) is 5.96 Å². The van der Waals surface area contributed by atoms with Crippen molar-refractivity contribution in [2.24, 2.45) is 22.2 Å². The fourth-order valence-electron chi connectivity index (χ4n) is 0.545. The molecule has 0 bridgehead atoms. The number of thiol groups is 1. The first-order valence-corrected chi connectivity index (χ1v) is 6.64. The van der Waals surface area contributed by atoms with E-state index < -0.39 is 5.97 Å². The second-order valence-electron chi connectivity index (χ2n) is 3.00. The summed E-state index contributed by atoms with van der Waals surface area (Å²) in [7, 11) is 3.04. The quantitative estimate of drug-likeness (QED) is 0.237. The fourth-order valence-corrected chi connectivity index (χ4v) is 0.545. The Morgan fingerprint density at radius 3 is 1.52 bits per heavy atom. The van der Waals surface area contributed by atoms with Crippen LogP contribution in [0.1, 0.15) is 12.5 Å². The Morgan fingerprint density at radius 2 is 1.38 bits per heavy atom. The van der Waals surface area contributed by atoms with Gasteiger partial charge in [0, 0.05) is 14.0 Å². The molecule has 0 spiro atoms. The second-order valence-corrected chi connectivity index (χ2v) is 3.00. The molecule has 0 fully saturated rings. The molecule has 0 aromatic heterocycles. The van der Waals surface area contributed by atoms with Gasteiger partial charge in [0.25, 0.3) is 5.97 Å². The van der Waals surface area contributed by atoms with Gasteiger partial charge in [-0.15, -0.1) is 0 Å². The Labute approximate surface area is 132 Å². The van der Waals surface area contributed by atoms with E-state index in [0.717, 1.165) is 6.92 Å². The highest BCUT2D eigenvalue weighted by atomic mass is 32.1. The third-order valence-electron chi connectivity index (χ3n) is 1.29. The molecule has 0 aliphatic carbocycles. The Bertz CT molecular complexity index is 328. The van der Waals surface area contributed by atoms with Crippen molar-refractivity contribution in [1.82, 2.24) is 0 Å². The van der Waals surface area contributed by atoms with E-state index in [1.54, 1.807) is 18.4 Å². The molecule has 1 aromatic rings. The van der Waals surface area contributed by atoms with Crippen LogP contribution in [0.5, 0.6) is 5.75 Å². The molecule has 0 radical (unpaired) electrons. The zero-order valence-electron chi connectivity index (χ0n) is 13.2. The van der Waals surface area contributed by atoms with Crippen LogP contribution in [0, 0.1) is 6.92 Å². The molecule has 1 rings (SSSR count). The molecule has 7 nitrogen and oxygen atoms in total. The Balaban J connectivity index is -0.0000000975. The van der Waals surface area contributed by atoms with Gasteiger partial charge in [0.05, 0.1) is 0 Å². The molecule has 0 saturated carbocycles. The predicted octanol–water partition coefficient (Wildman–Crippen LogP) is 0.802. The molecular formula is C13H28N4O3S. The number of carboxylic acid groups (broad SMARTS) is 1. The number of aromatic hydroxyl groups is 1. The average Bonchev–Trinajstić information content (AvgIpc) is 2.46. The van der Waals surface area contributed by atoms with Crippen molar-refractivity contribution < 1.29 is 15.0 Å². The van der Waals surface area contributed by atoms with E-state index in [1.807, 2.05) is 19.1 Å². The lowest BCUT2D eigenvalue weighted by Gasteiger charge is -1.89. The van der Waals surface area contributed by atoms with Gasteiger partial charge in [0.2, 0.25) is 0 Å². The number of hydrogen-bond donors (Lipinski definition) is 6. The maximum atomic E-state index is 9.00. The maximum Gasteiger partial charge on any atom is 0.300 e. The van der Waals surface area contributed by atoms with Gasteiger partial charge < -0.3 is 27.4 Å². The number of aryl methyl sites for hydroxylation is 1. The molecule has 0 atom stereocenters. The van der Waals surface area contributed by atoms with Gasteiger partial charge in [-0.2, -0.15) is 12.6 Å². The van der Waals surface area contributed by atoms with Crippen molar-refractivity contribution in [3.63, 3.8) is 0 Å². The van der Waals surface area contributed by atoms with Crippen molar-refractivity contribution >= 4 is 24.6 Å². The van der Waals surface area contributed by atoms with Gasteiger partial charge >= 0.3 is 0 Å². The highest BCUT2D eigenvalue weighted by Gasteiger charge is 1.82. The summed E-state index contributed by atoms with van der Waals surface area (Å²) in [6.45, 7) is 3.07. The van der Waals surface area contributed by atoms with Crippen LogP contribution in [-0.2, 0) is 4.79 Å². The van der Waals surface area contributed by atoms with E-state index in [2.05, 4.69) is 23.4 Å². The Morgan fingerprint density at radius 1 is 1.14 bits per heavy atom. The average molecular weight is 320 g/mol. The minimum Gasteiger partial charge on any atom is -0.508 e. The lowest BCUT2D eigenvalue weighted by molar-refractivity contribution is -0.134. The third kappa shape index (κ3) is 46.0. The molecule has 0 aliphatic heterocycles. The summed E-state index contributed by atoms with van der Waals surface area (Å²) in [6, 6.07) is 7.09. The van der Waals surface area contributed by atoms with Gasteiger partial charge in [-0.1, -0.05) is 17.7 Å². The number of nitrogens with two attached hydrogens (primary N) is 3. The molecule has 8 heteroatoms. The maximum absolute atomic E-state index is 9.00. The summed E-state index contributed by atoms with van der Waals surface area (Å²) in [5, 5.41) is 16.2. The lowest BCUT2D eigenvalue weighted by atomic mass is 10.2. The monoisotopic (exact) mass is 320 g/mol. The molecule has 0 saturated heterocycles. The summed E-state index contributed by atoms with van der Waals surface area (Å²) in [5.74, 6) is -0.374. The second kappa shape index (κ2) is 23.2. The number of rotatable bonds is 0. The molecule has 0 amide bonds. The van der Waals surface area contributed by atoms with E-state index in [4.69, 9.17) is 26.5 Å². The summed E-state index contributed by atoms with van der Waals surface area (Å²) in [4.78, 5) is 12.4. The van der Waals surface area contributed by atoms with Crippen molar-refractivity contribution in [1.29, 1.82) is 0 Å². The van der Waals surface area contributed by atoms with Gasteiger partial charge in [-0.05, 0) is 32.4 Å². The Kier molecular flexibility index (Phi) is 30.3. The summed E-state index contributed by atoms with van der Waals surface area (Å²) in [5.41, 5.74) is 15.3. The minimum atomic E-state index is -0.833. The normalized spacial score (nSPS) is 6.81. The number of phenols is 1. The molecule has 0 heterocycles. The van der Waals surface area contributed by atoms with Crippen LogP contribution in [0.2, 0.25) is 0 Å². The first-order valence-electron chi connectivity index (χ1n) is 5.75. The SMILES string of the molecule is CC(=O)O.CN.CN=C(N)N.CS.Cc1ccc(O)cc1. The number of carboxylic acids is 1. The largest absolute Gasteiger partial charge is 0.508 e. The number of hydrogen-bond acceptors (Lipinski definition) is 5. The number of benzene rings is 1. The van der Waals surface area contributed by atoms with Crippen LogP contribution in [-0.4, -0.2) is 42.5 Å². The molecule has 21 heavy (non-hydrogen) atoms. The lowest BCUT2D eigenvalue weighted by Crippen LogP contribution is -2.21. The highest BCUT2D eigenvalue weighted by molar-refractivity contribution is 7.79. The van der Waals surface area contributed by atoms with Crippen LogP contribution in [0.15, 0.2) is 29.3 Å². The number of nitrogens with zero attached hydrogens (tertiary/aromatic N) is 1. The third-order valence-corrected chi connectivity index (χ3v) is 1.29. The van der Waals surface area contributed by atoms with Crippen LogP contribution < -0.4 is 17.2 Å². The van der Waals surface area contributed by atoms with Gasteiger partial charge in [-0.25, -0.2) is 0 Å². The van der Waals surface area contributed by atoms with Gasteiger partial charge in [0.1, 0.15) is 5.75 Å². The predicted molar refractivity (Wildman–Crippen MR) is 92.9 cm³/mol. The number of carbonyl (C=O) groups is 1. The van der Waals surface area contributed by atoms with E-state index in [1.165, 1.54) is 19.7 Å².